The fourth-order valence-electron chi connectivity index (χ4n) is 1.68. The highest BCUT2D eigenvalue weighted by Crippen LogP contribution is 2.14. The van der Waals surface area contributed by atoms with E-state index in [0.717, 1.165) is 6.21 Å². The zero-order valence-electron chi connectivity index (χ0n) is 12.7. The van der Waals surface area contributed by atoms with E-state index in [2.05, 4.69) is 15.8 Å². The lowest BCUT2D eigenvalue weighted by molar-refractivity contribution is -0.402. The quantitative estimate of drug-likeness (QED) is 0.477. The van der Waals surface area contributed by atoms with Gasteiger partial charge in [0.05, 0.1) is 12.3 Å². The average Bonchev–Trinajstić information content (AvgIpc) is 3.04. The SMILES string of the molecule is CCC(=O)Nc1ccc(C(=O)N/N=C/c2ccc([N+](=O)[O-])o2)cc1. The standard InChI is InChI=1S/C15H14N4O5/c1-2-13(20)17-11-5-3-10(4-6-11)15(21)18-16-9-12-7-8-14(24-12)19(22)23/h3-9H,2H2,1H3,(H,17,20)(H,18,21)/b16-9+. The highest BCUT2D eigenvalue weighted by molar-refractivity contribution is 5.96. The van der Waals surface area contributed by atoms with Crippen LogP contribution in [-0.2, 0) is 4.79 Å². The summed E-state index contributed by atoms with van der Waals surface area (Å²) in [5.74, 6) is -0.864. The first-order valence-corrected chi connectivity index (χ1v) is 6.97. The molecule has 0 aliphatic rings. The van der Waals surface area contributed by atoms with Crippen molar-refractivity contribution < 1.29 is 18.9 Å². The van der Waals surface area contributed by atoms with Gasteiger partial charge in [0, 0.05) is 17.7 Å². The Morgan fingerprint density at radius 1 is 1.25 bits per heavy atom. The molecule has 9 heteroatoms. The number of hydrogen-bond donors (Lipinski definition) is 2. The van der Waals surface area contributed by atoms with Crippen LogP contribution in [0.15, 0.2) is 45.9 Å². The topological polar surface area (TPSA) is 127 Å². The van der Waals surface area contributed by atoms with Gasteiger partial charge in [0.2, 0.25) is 5.91 Å². The van der Waals surface area contributed by atoms with Crippen molar-refractivity contribution in [3.8, 4) is 0 Å². The van der Waals surface area contributed by atoms with Gasteiger partial charge < -0.3 is 9.73 Å². The van der Waals surface area contributed by atoms with Gasteiger partial charge in [-0.2, -0.15) is 5.10 Å². The van der Waals surface area contributed by atoms with E-state index in [0.29, 0.717) is 17.7 Å². The second-order valence-corrected chi connectivity index (χ2v) is 4.61. The Kier molecular flexibility index (Phi) is 5.40. The lowest BCUT2D eigenvalue weighted by Crippen LogP contribution is -2.17. The monoisotopic (exact) mass is 330 g/mol. The Labute approximate surface area is 136 Å². The van der Waals surface area contributed by atoms with Gasteiger partial charge in [0.1, 0.15) is 4.92 Å². The summed E-state index contributed by atoms with van der Waals surface area (Å²) in [4.78, 5) is 32.9. The van der Waals surface area contributed by atoms with Crippen molar-refractivity contribution in [2.45, 2.75) is 13.3 Å². The Hall–Kier alpha value is -3.49. The number of hydrogen-bond acceptors (Lipinski definition) is 6. The van der Waals surface area contributed by atoms with E-state index in [4.69, 9.17) is 4.42 Å². The fraction of sp³-hybridized carbons (Fsp3) is 0.133. The van der Waals surface area contributed by atoms with Gasteiger partial charge in [-0.15, -0.1) is 0 Å². The predicted octanol–water partition coefficient (Wildman–Crippen LogP) is 2.30. The Morgan fingerprint density at radius 2 is 1.96 bits per heavy atom. The number of benzene rings is 1. The molecule has 1 aromatic heterocycles. The normalized spacial score (nSPS) is 10.5. The number of furan rings is 1. The van der Waals surface area contributed by atoms with Crippen LogP contribution in [0.2, 0.25) is 0 Å². The van der Waals surface area contributed by atoms with Crippen LogP contribution in [0, 0.1) is 10.1 Å². The number of nitrogens with zero attached hydrogens (tertiary/aromatic N) is 2. The lowest BCUT2D eigenvalue weighted by atomic mass is 10.2. The van der Waals surface area contributed by atoms with Crippen LogP contribution in [0.25, 0.3) is 0 Å². The molecular formula is C15H14N4O5. The van der Waals surface area contributed by atoms with Crippen molar-refractivity contribution in [3.63, 3.8) is 0 Å². The second-order valence-electron chi connectivity index (χ2n) is 4.61. The summed E-state index contributed by atoms with van der Waals surface area (Å²) >= 11 is 0. The first kappa shape index (κ1) is 16.9. The zero-order chi connectivity index (χ0) is 17.5. The summed E-state index contributed by atoms with van der Waals surface area (Å²) in [6, 6.07) is 8.82. The van der Waals surface area contributed by atoms with Gasteiger partial charge in [-0.05, 0) is 30.3 Å². The third-order valence-corrected chi connectivity index (χ3v) is 2.90. The third kappa shape index (κ3) is 4.50. The molecule has 124 valence electrons. The van der Waals surface area contributed by atoms with Gasteiger partial charge in [-0.1, -0.05) is 6.92 Å². The Morgan fingerprint density at radius 3 is 2.54 bits per heavy atom. The predicted molar refractivity (Wildman–Crippen MR) is 85.8 cm³/mol. The second kappa shape index (κ2) is 7.68. The molecular weight excluding hydrogens is 316 g/mol. The molecule has 0 radical (unpaired) electrons. The van der Waals surface area contributed by atoms with Crippen molar-refractivity contribution in [2.75, 3.05) is 5.32 Å². The molecule has 0 aliphatic heterocycles. The van der Waals surface area contributed by atoms with Crippen LogP contribution in [0.3, 0.4) is 0 Å². The average molecular weight is 330 g/mol. The molecule has 0 bridgehead atoms. The molecule has 24 heavy (non-hydrogen) atoms. The molecule has 2 N–H and O–H groups in total. The maximum Gasteiger partial charge on any atom is 0.433 e. The number of carbonyl (C=O) groups excluding carboxylic acids is 2. The molecule has 0 unspecified atom stereocenters. The number of nitrogens with one attached hydrogen (secondary N) is 2. The van der Waals surface area contributed by atoms with Crippen molar-refractivity contribution in [1.82, 2.24) is 5.43 Å². The number of amides is 2. The highest BCUT2D eigenvalue weighted by Gasteiger charge is 2.10. The summed E-state index contributed by atoms with van der Waals surface area (Å²) in [7, 11) is 0. The molecule has 0 saturated carbocycles. The lowest BCUT2D eigenvalue weighted by Gasteiger charge is -2.04. The minimum Gasteiger partial charge on any atom is -0.400 e. The van der Waals surface area contributed by atoms with Crippen LogP contribution in [0.4, 0.5) is 11.6 Å². The molecule has 2 aromatic rings. The van der Waals surface area contributed by atoms with Gasteiger partial charge in [0.25, 0.3) is 5.91 Å². The van der Waals surface area contributed by atoms with Crippen molar-refractivity contribution in [1.29, 1.82) is 0 Å². The molecule has 1 heterocycles. The fourth-order valence-corrected chi connectivity index (χ4v) is 1.68. The Balaban J connectivity index is 1.93. The minimum absolute atomic E-state index is 0.121. The first-order valence-electron chi connectivity index (χ1n) is 6.97. The van der Waals surface area contributed by atoms with E-state index in [1.54, 1.807) is 19.1 Å². The van der Waals surface area contributed by atoms with Crippen molar-refractivity contribution in [2.24, 2.45) is 5.10 Å². The smallest absolute Gasteiger partial charge is 0.400 e. The first-order chi connectivity index (χ1) is 11.5. The zero-order valence-corrected chi connectivity index (χ0v) is 12.7. The molecule has 1 aromatic carbocycles. The van der Waals surface area contributed by atoms with E-state index < -0.39 is 16.7 Å². The molecule has 0 saturated heterocycles. The molecule has 0 spiro atoms. The molecule has 9 nitrogen and oxygen atoms in total. The molecule has 0 atom stereocenters. The van der Waals surface area contributed by atoms with Crippen LogP contribution >= 0.6 is 0 Å². The number of hydrazone groups is 1. The number of carbonyl (C=O) groups is 2. The summed E-state index contributed by atoms with van der Waals surface area (Å²) < 4.78 is 4.86. The maximum absolute atomic E-state index is 11.9. The van der Waals surface area contributed by atoms with Crippen molar-refractivity contribution in [3.05, 3.63) is 57.8 Å². The largest absolute Gasteiger partial charge is 0.433 e. The number of rotatable bonds is 6. The van der Waals surface area contributed by atoms with E-state index in [-0.39, 0.29) is 11.7 Å². The van der Waals surface area contributed by atoms with Crippen LogP contribution in [0.1, 0.15) is 29.5 Å². The minimum atomic E-state index is -0.672. The highest BCUT2D eigenvalue weighted by atomic mass is 16.6. The van der Waals surface area contributed by atoms with E-state index in [1.807, 2.05) is 0 Å². The van der Waals surface area contributed by atoms with Gasteiger partial charge >= 0.3 is 5.88 Å². The Bertz CT molecular complexity index is 779. The summed E-state index contributed by atoms with van der Waals surface area (Å²) in [6.45, 7) is 1.74. The van der Waals surface area contributed by atoms with Gasteiger partial charge in [-0.25, -0.2) is 5.43 Å². The maximum atomic E-state index is 11.9. The number of anilines is 1. The molecule has 0 aliphatic carbocycles. The van der Waals surface area contributed by atoms with Gasteiger partial charge in [-0.3, -0.25) is 19.7 Å². The van der Waals surface area contributed by atoms with Crippen LogP contribution in [0.5, 0.6) is 0 Å². The van der Waals surface area contributed by atoms with Crippen LogP contribution in [-0.4, -0.2) is 23.0 Å². The molecule has 2 rings (SSSR count). The molecule has 2 amide bonds. The van der Waals surface area contributed by atoms with Gasteiger partial charge in [0.15, 0.2) is 5.76 Å². The molecule has 0 fully saturated rings. The van der Waals surface area contributed by atoms with E-state index in [9.17, 15) is 19.7 Å². The summed E-state index contributed by atoms with van der Waals surface area (Å²) in [5.41, 5.74) is 3.20. The third-order valence-electron chi connectivity index (χ3n) is 2.90. The van der Waals surface area contributed by atoms with Crippen LogP contribution < -0.4 is 10.7 Å². The summed E-state index contributed by atoms with van der Waals surface area (Å²) in [5, 5.41) is 16.8. The van der Waals surface area contributed by atoms with E-state index in [1.165, 1.54) is 24.3 Å². The van der Waals surface area contributed by atoms with E-state index >= 15 is 0 Å². The van der Waals surface area contributed by atoms with Crippen molar-refractivity contribution >= 4 is 29.6 Å². The number of nitro groups is 1. The summed E-state index contributed by atoms with van der Waals surface area (Å²) in [6.07, 6.45) is 1.52.